The minimum atomic E-state index is -0.691. The van der Waals surface area contributed by atoms with Gasteiger partial charge in [-0.3, -0.25) is 9.78 Å². The molecule has 0 bridgehead atoms. The van der Waals surface area contributed by atoms with Gasteiger partial charge in [-0.25, -0.2) is 9.67 Å². The predicted molar refractivity (Wildman–Crippen MR) is 156 cm³/mol. The first-order chi connectivity index (χ1) is 20.5. The lowest BCUT2D eigenvalue weighted by Gasteiger charge is -2.41. The van der Waals surface area contributed by atoms with Crippen LogP contribution in [0, 0.1) is 5.92 Å². The highest BCUT2D eigenvalue weighted by atomic mass is 32.2. The molecule has 12 heteroatoms. The van der Waals surface area contributed by atoms with E-state index in [1.807, 2.05) is 66.7 Å². The summed E-state index contributed by atoms with van der Waals surface area (Å²) in [4.78, 5) is 21.8. The number of tetrazole rings is 1. The summed E-state index contributed by atoms with van der Waals surface area (Å²) < 4.78 is 14.7. The Morgan fingerprint density at radius 3 is 2.60 bits per heavy atom. The summed E-state index contributed by atoms with van der Waals surface area (Å²) in [7, 11) is 1.80. The summed E-state index contributed by atoms with van der Waals surface area (Å²) in [5, 5.41) is 24.9. The molecule has 3 heterocycles. The third-order valence-corrected chi connectivity index (χ3v) is 8.28. The molecule has 3 aromatic carbocycles. The van der Waals surface area contributed by atoms with E-state index in [4.69, 9.17) is 9.47 Å². The Kier molecular flexibility index (Phi) is 8.20. The van der Waals surface area contributed by atoms with Crippen molar-refractivity contribution in [2.24, 2.45) is 13.0 Å². The van der Waals surface area contributed by atoms with Crippen molar-refractivity contribution in [2.45, 2.75) is 37.2 Å². The number of hydrogen-bond acceptors (Lipinski definition) is 10. The topological polar surface area (TPSA) is 137 Å². The Morgan fingerprint density at radius 2 is 1.83 bits per heavy atom. The fourth-order valence-electron chi connectivity index (χ4n) is 4.83. The van der Waals surface area contributed by atoms with Crippen molar-refractivity contribution >= 4 is 34.4 Å². The van der Waals surface area contributed by atoms with E-state index in [0.29, 0.717) is 22.1 Å². The quantitative estimate of drug-likeness (QED) is 0.252. The smallest absolute Gasteiger partial charge is 0.275 e. The van der Waals surface area contributed by atoms with Gasteiger partial charge in [0.25, 0.3) is 5.91 Å². The van der Waals surface area contributed by atoms with Gasteiger partial charge in [-0.1, -0.05) is 67.2 Å². The molecule has 1 aliphatic rings. The molecule has 42 heavy (non-hydrogen) atoms. The highest BCUT2D eigenvalue weighted by Gasteiger charge is 2.38. The zero-order chi connectivity index (χ0) is 29.1. The number of hydrogen-bond donors (Lipinski definition) is 2. The van der Waals surface area contributed by atoms with Crippen molar-refractivity contribution in [3.8, 4) is 0 Å². The molecule has 2 aromatic heterocycles. The van der Waals surface area contributed by atoms with Gasteiger partial charge in [-0.2, -0.15) is 0 Å². The number of anilines is 1. The molecule has 0 aliphatic carbocycles. The van der Waals surface area contributed by atoms with Crippen LogP contribution in [0.2, 0.25) is 0 Å². The Morgan fingerprint density at radius 1 is 1.02 bits per heavy atom. The second-order valence-corrected chi connectivity index (χ2v) is 11.0. The Hall–Kier alpha value is -4.23. The second-order valence-electron chi connectivity index (χ2n) is 10.0. The van der Waals surface area contributed by atoms with Crippen molar-refractivity contribution in [1.29, 1.82) is 0 Å². The molecular weight excluding hydrogens is 554 g/mol. The molecule has 1 amide bonds. The summed E-state index contributed by atoms with van der Waals surface area (Å²) in [6, 6.07) is 22.6. The lowest BCUT2D eigenvalue weighted by molar-refractivity contribution is -0.268. The number of ether oxygens (including phenoxy) is 2. The molecule has 0 saturated carbocycles. The first-order valence-electron chi connectivity index (χ1n) is 13.5. The lowest BCUT2D eigenvalue weighted by atomic mass is 9.91. The van der Waals surface area contributed by atoms with Gasteiger partial charge in [0.1, 0.15) is 5.69 Å². The summed E-state index contributed by atoms with van der Waals surface area (Å²) in [6.45, 7) is 2.07. The zero-order valence-electron chi connectivity index (χ0n) is 23.0. The van der Waals surface area contributed by atoms with Gasteiger partial charge in [0.2, 0.25) is 5.16 Å². The number of carbonyl (C=O) groups excluding carboxylic acids is 1. The number of nitrogens with zero attached hydrogens (tertiary/aromatic N) is 6. The predicted octanol–water partition coefficient (Wildman–Crippen LogP) is 4.48. The fourth-order valence-corrected chi connectivity index (χ4v) is 5.85. The van der Waals surface area contributed by atoms with Crippen LogP contribution in [-0.4, -0.2) is 53.0 Å². The number of para-hydroxylation sites is 2. The van der Waals surface area contributed by atoms with Gasteiger partial charge in [-0.05, 0) is 45.8 Å². The number of amides is 1. The molecule has 0 spiro atoms. The van der Waals surface area contributed by atoms with Crippen LogP contribution in [0.1, 0.15) is 46.5 Å². The fraction of sp³-hybridized carbons (Fsp3) is 0.267. The van der Waals surface area contributed by atoms with Crippen molar-refractivity contribution < 1.29 is 19.4 Å². The van der Waals surface area contributed by atoms with E-state index in [0.717, 1.165) is 22.2 Å². The maximum absolute atomic E-state index is 13.0. The van der Waals surface area contributed by atoms with Gasteiger partial charge in [0.05, 0.1) is 36.0 Å². The number of aliphatic hydroxyl groups excluding tert-OH is 1. The molecule has 4 atom stereocenters. The maximum atomic E-state index is 13.0. The van der Waals surface area contributed by atoms with Crippen LogP contribution in [0.3, 0.4) is 0 Å². The van der Waals surface area contributed by atoms with Crippen LogP contribution >= 0.6 is 11.8 Å². The third-order valence-electron chi connectivity index (χ3n) is 7.18. The van der Waals surface area contributed by atoms with E-state index < -0.39 is 6.29 Å². The largest absolute Gasteiger partial charge is 0.392 e. The summed E-state index contributed by atoms with van der Waals surface area (Å²) in [5.41, 5.74) is 4.76. The van der Waals surface area contributed by atoms with E-state index in [2.05, 4.69) is 37.7 Å². The Bertz CT molecular complexity index is 1700. The van der Waals surface area contributed by atoms with E-state index in [-0.39, 0.29) is 36.3 Å². The van der Waals surface area contributed by atoms with E-state index >= 15 is 0 Å². The number of thioether (sulfide) groups is 1. The number of rotatable bonds is 8. The lowest BCUT2D eigenvalue weighted by Crippen LogP contribution is -2.38. The van der Waals surface area contributed by atoms with Gasteiger partial charge in [-0.15, -0.1) is 5.10 Å². The normalized spacial score (nSPS) is 20.5. The number of carbonyl (C=O) groups is 1. The molecule has 6 rings (SSSR count). The molecule has 1 aliphatic heterocycles. The number of fused-ring (bicyclic) bond motifs is 1. The maximum Gasteiger partial charge on any atom is 0.275 e. The van der Waals surface area contributed by atoms with Crippen LogP contribution in [0.25, 0.3) is 11.0 Å². The standard InChI is InChI=1S/C30H29N7O4S/c1-18-26(17-42-30-34-35-36-37(30)2)40-29(41-27(18)20-12-10-19(16-38)11-13-20)21-6-5-7-22(14-21)32-28(39)25-15-31-23-8-3-4-9-24(23)33-25/h3-15,18,26-27,29,38H,16-17H2,1-2H3,(H,32,39)/t18-,26+,27+,29+/m0/s1. The van der Waals surface area contributed by atoms with Crippen molar-refractivity contribution in [2.75, 3.05) is 11.1 Å². The van der Waals surface area contributed by atoms with Gasteiger partial charge in [0.15, 0.2) is 6.29 Å². The third kappa shape index (κ3) is 6.02. The SMILES string of the molecule is C[C@H]1[C@@H](CSc2nnnn2C)O[C@@H](c2cccc(NC(=O)c3cnc4ccccc4n3)c2)O[C@H]1c1ccc(CO)cc1. The first-order valence-corrected chi connectivity index (χ1v) is 14.5. The van der Waals surface area contributed by atoms with Crippen LogP contribution in [0.4, 0.5) is 5.69 Å². The van der Waals surface area contributed by atoms with Crippen LogP contribution < -0.4 is 5.32 Å². The number of aryl methyl sites for hydroxylation is 1. The van der Waals surface area contributed by atoms with Crippen molar-refractivity contribution in [1.82, 2.24) is 30.2 Å². The zero-order valence-corrected chi connectivity index (χ0v) is 23.8. The monoisotopic (exact) mass is 583 g/mol. The highest BCUT2D eigenvalue weighted by Crippen LogP contribution is 2.43. The summed E-state index contributed by atoms with van der Waals surface area (Å²) >= 11 is 1.52. The number of benzene rings is 3. The van der Waals surface area contributed by atoms with Crippen LogP contribution in [-0.2, 0) is 23.1 Å². The minimum absolute atomic E-state index is 0.00396. The average Bonchev–Trinajstić information content (AvgIpc) is 3.44. The molecule has 2 N–H and O–H groups in total. The molecule has 0 radical (unpaired) electrons. The molecule has 0 unspecified atom stereocenters. The molecule has 214 valence electrons. The van der Waals surface area contributed by atoms with Gasteiger partial charge < -0.3 is 19.9 Å². The minimum Gasteiger partial charge on any atom is -0.392 e. The van der Waals surface area contributed by atoms with E-state index in [9.17, 15) is 9.90 Å². The van der Waals surface area contributed by atoms with E-state index in [1.54, 1.807) is 17.8 Å². The summed E-state index contributed by atoms with van der Waals surface area (Å²) in [5.74, 6) is 0.250. The van der Waals surface area contributed by atoms with Crippen LogP contribution in [0.15, 0.2) is 84.1 Å². The number of aliphatic hydroxyl groups is 1. The van der Waals surface area contributed by atoms with Gasteiger partial charge >= 0.3 is 0 Å². The van der Waals surface area contributed by atoms with Gasteiger partial charge in [0, 0.05) is 30.0 Å². The average molecular weight is 584 g/mol. The van der Waals surface area contributed by atoms with Crippen LogP contribution in [0.5, 0.6) is 0 Å². The van der Waals surface area contributed by atoms with E-state index in [1.165, 1.54) is 18.0 Å². The Labute approximate surface area is 246 Å². The second kappa shape index (κ2) is 12.3. The van der Waals surface area contributed by atoms with Crippen molar-refractivity contribution in [3.63, 3.8) is 0 Å². The number of aromatic nitrogens is 6. The number of nitrogens with one attached hydrogen (secondary N) is 1. The molecular formula is C30H29N7O4S. The first kappa shape index (κ1) is 27.9. The molecule has 1 fully saturated rings. The molecule has 5 aromatic rings. The Balaban J connectivity index is 1.24. The molecule has 11 nitrogen and oxygen atoms in total. The van der Waals surface area contributed by atoms with Crippen molar-refractivity contribution in [3.05, 3.63) is 101 Å². The summed E-state index contributed by atoms with van der Waals surface area (Å²) in [6.07, 6.45) is 0.312. The highest BCUT2D eigenvalue weighted by molar-refractivity contribution is 7.99. The molecule has 1 saturated heterocycles.